The number of hydrogen-bond acceptors (Lipinski definition) is 2. The molecule has 1 atom stereocenters. The van der Waals surface area contributed by atoms with Crippen LogP contribution in [0.15, 0.2) is 18.2 Å². The Hall–Kier alpha value is -1.61. The van der Waals surface area contributed by atoms with E-state index < -0.39 is 0 Å². The molecule has 1 aromatic heterocycles. The lowest BCUT2D eigenvalue weighted by molar-refractivity contribution is 0.545. The minimum absolute atomic E-state index is 0.345. The van der Waals surface area contributed by atoms with E-state index in [9.17, 15) is 0 Å². The number of nitrogens with one attached hydrogen (secondary N) is 1. The summed E-state index contributed by atoms with van der Waals surface area (Å²) in [6.45, 7) is 11.7. The van der Waals surface area contributed by atoms with E-state index in [1.54, 1.807) is 0 Å². The molecule has 0 amide bonds. The lowest BCUT2D eigenvalue weighted by Crippen LogP contribution is -2.24. The number of aromatic nitrogens is 2. The van der Waals surface area contributed by atoms with Gasteiger partial charge in [0.1, 0.15) is 0 Å². The lowest BCUT2D eigenvalue weighted by atomic mass is 9.93. The summed E-state index contributed by atoms with van der Waals surface area (Å²) < 4.78 is 1.98. The number of rotatable bonds is 5. The van der Waals surface area contributed by atoms with Gasteiger partial charge in [-0.25, -0.2) is 0 Å². The third kappa shape index (κ3) is 3.35. The van der Waals surface area contributed by atoms with Gasteiger partial charge in [0.15, 0.2) is 0 Å². The third-order valence-electron chi connectivity index (χ3n) is 4.32. The Morgan fingerprint density at radius 3 is 2.43 bits per heavy atom. The second-order valence-corrected chi connectivity index (χ2v) is 5.95. The van der Waals surface area contributed by atoms with Gasteiger partial charge >= 0.3 is 0 Å². The molecule has 0 saturated heterocycles. The Morgan fingerprint density at radius 2 is 1.90 bits per heavy atom. The van der Waals surface area contributed by atoms with Crippen molar-refractivity contribution in [2.75, 3.05) is 6.54 Å². The summed E-state index contributed by atoms with van der Waals surface area (Å²) in [5, 5.41) is 8.18. The van der Waals surface area contributed by atoms with Crippen molar-refractivity contribution in [2.24, 2.45) is 7.05 Å². The summed E-state index contributed by atoms with van der Waals surface area (Å²) in [5.41, 5.74) is 7.84. The standard InChI is InChI=1S/C18H27N3/c1-7-19-18(16-9-8-12(2)10-13(16)3)11-17-14(4)20-21(6)15(17)5/h8-10,18-19H,7,11H2,1-6H3. The molecule has 0 fully saturated rings. The SMILES string of the molecule is CCNC(Cc1c(C)nn(C)c1C)c1ccc(C)cc1C. The molecule has 1 N–H and O–H groups in total. The van der Waals surface area contributed by atoms with Crippen molar-refractivity contribution in [3.8, 4) is 0 Å². The first-order chi connectivity index (χ1) is 9.93. The molecule has 0 aliphatic carbocycles. The van der Waals surface area contributed by atoms with Crippen LogP contribution in [-0.4, -0.2) is 16.3 Å². The summed E-state index contributed by atoms with van der Waals surface area (Å²) in [6.07, 6.45) is 0.989. The first-order valence-corrected chi connectivity index (χ1v) is 7.73. The van der Waals surface area contributed by atoms with Crippen LogP contribution in [-0.2, 0) is 13.5 Å². The van der Waals surface area contributed by atoms with Crippen molar-refractivity contribution >= 4 is 0 Å². The monoisotopic (exact) mass is 285 g/mol. The van der Waals surface area contributed by atoms with Crippen LogP contribution in [0.25, 0.3) is 0 Å². The highest BCUT2D eigenvalue weighted by molar-refractivity contribution is 5.35. The van der Waals surface area contributed by atoms with Gasteiger partial charge in [-0.2, -0.15) is 5.10 Å². The topological polar surface area (TPSA) is 29.9 Å². The molecular weight excluding hydrogens is 258 g/mol. The number of nitrogens with zero attached hydrogens (tertiary/aromatic N) is 2. The molecule has 0 spiro atoms. The van der Waals surface area contributed by atoms with Gasteiger partial charge in [-0.15, -0.1) is 0 Å². The van der Waals surface area contributed by atoms with Crippen molar-refractivity contribution < 1.29 is 0 Å². The number of likely N-dealkylation sites (N-methyl/N-ethyl adjacent to an activating group) is 1. The molecular formula is C18H27N3. The maximum atomic E-state index is 4.54. The highest BCUT2D eigenvalue weighted by Gasteiger charge is 2.18. The first-order valence-electron chi connectivity index (χ1n) is 7.73. The van der Waals surface area contributed by atoms with Gasteiger partial charge in [0, 0.05) is 18.8 Å². The molecule has 0 radical (unpaired) electrons. The van der Waals surface area contributed by atoms with E-state index in [0.29, 0.717) is 6.04 Å². The average molecular weight is 285 g/mol. The smallest absolute Gasteiger partial charge is 0.0629 e. The van der Waals surface area contributed by atoms with Gasteiger partial charge in [-0.05, 0) is 57.4 Å². The Bertz CT molecular complexity index is 626. The second-order valence-electron chi connectivity index (χ2n) is 5.95. The fourth-order valence-corrected chi connectivity index (χ4v) is 3.07. The van der Waals surface area contributed by atoms with E-state index in [2.05, 4.69) is 63.2 Å². The maximum Gasteiger partial charge on any atom is 0.0629 e. The van der Waals surface area contributed by atoms with Crippen molar-refractivity contribution in [2.45, 2.75) is 47.1 Å². The van der Waals surface area contributed by atoms with Gasteiger partial charge in [0.25, 0.3) is 0 Å². The van der Waals surface area contributed by atoms with Crippen LogP contribution in [0.1, 0.15) is 46.6 Å². The zero-order chi connectivity index (χ0) is 15.6. The molecule has 114 valence electrons. The molecule has 21 heavy (non-hydrogen) atoms. The summed E-state index contributed by atoms with van der Waals surface area (Å²) in [6, 6.07) is 7.08. The second kappa shape index (κ2) is 6.44. The zero-order valence-corrected chi connectivity index (χ0v) is 14.1. The van der Waals surface area contributed by atoms with Crippen LogP contribution in [0.5, 0.6) is 0 Å². The highest BCUT2D eigenvalue weighted by Crippen LogP contribution is 2.25. The van der Waals surface area contributed by atoms with Crippen LogP contribution >= 0.6 is 0 Å². The van der Waals surface area contributed by atoms with Crippen molar-refractivity contribution in [3.63, 3.8) is 0 Å². The van der Waals surface area contributed by atoms with E-state index in [-0.39, 0.29) is 0 Å². The Labute approximate surface area is 128 Å². The minimum Gasteiger partial charge on any atom is -0.310 e. The molecule has 0 bridgehead atoms. The van der Waals surface area contributed by atoms with Crippen molar-refractivity contribution in [1.82, 2.24) is 15.1 Å². The van der Waals surface area contributed by atoms with Crippen LogP contribution in [0, 0.1) is 27.7 Å². The van der Waals surface area contributed by atoms with Crippen LogP contribution in [0.2, 0.25) is 0 Å². The van der Waals surface area contributed by atoms with E-state index >= 15 is 0 Å². The molecule has 3 nitrogen and oxygen atoms in total. The molecule has 1 aromatic carbocycles. The van der Waals surface area contributed by atoms with Gasteiger partial charge < -0.3 is 5.32 Å². The van der Waals surface area contributed by atoms with Gasteiger partial charge in [-0.3, -0.25) is 4.68 Å². The molecule has 1 unspecified atom stereocenters. The highest BCUT2D eigenvalue weighted by atomic mass is 15.3. The largest absolute Gasteiger partial charge is 0.310 e. The van der Waals surface area contributed by atoms with Crippen molar-refractivity contribution in [3.05, 3.63) is 51.8 Å². The quantitative estimate of drug-likeness (QED) is 0.910. The number of hydrogen-bond donors (Lipinski definition) is 1. The van der Waals surface area contributed by atoms with Gasteiger partial charge in [0.05, 0.1) is 5.69 Å². The van der Waals surface area contributed by atoms with Crippen LogP contribution in [0.4, 0.5) is 0 Å². The Balaban J connectivity index is 2.35. The Kier molecular flexibility index (Phi) is 4.84. The fourth-order valence-electron chi connectivity index (χ4n) is 3.07. The maximum absolute atomic E-state index is 4.54. The predicted octanol–water partition coefficient (Wildman–Crippen LogP) is 3.55. The predicted molar refractivity (Wildman–Crippen MR) is 88.7 cm³/mol. The van der Waals surface area contributed by atoms with E-state index in [0.717, 1.165) is 18.7 Å². The third-order valence-corrected chi connectivity index (χ3v) is 4.32. The zero-order valence-electron chi connectivity index (χ0n) is 14.1. The van der Waals surface area contributed by atoms with Crippen LogP contribution in [0.3, 0.4) is 0 Å². The number of aryl methyl sites for hydroxylation is 4. The molecule has 3 heteroatoms. The Morgan fingerprint density at radius 1 is 1.19 bits per heavy atom. The van der Waals surface area contributed by atoms with Gasteiger partial charge in [0.2, 0.25) is 0 Å². The fraction of sp³-hybridized carbons (Fsp3) is 0.500. The van der Waals surface area contributed by atoms with E-state index in [1.165, 1.54) is 27.9 Å². The summed E-state index contributed by atoms with van der Waals surface area (Å²) in [7, 11) is 2.02. The normalized spacial score (nSPS) is 12.7. The average Bonchev–Trinajstić information content (AvgIpc) is 2.65. The molecule has 0 aliphatic rings. The van der Waals surface area contributed by atoms with E-state index in [4.69, 9.17) is 0 Å². The summed E-state index contributed by atoms with van der Waals surface area (Å²) in [4.78, 5) is 0. The lowest BCUT2D eigenvalue weighted by Gasteiger charge is -2.21. The van der Waals surface area contributed by atoms with E-state index in [1.807, 2.05) is 11.7 Å². The van der Waals surface area contributed by atoms with Crippen molar-refractivity contribution in [1.29, 1.82) is 0 Å². The summed E-state index contributed by atoms with van der Waals surface area (Å²) in [5.74, 6) is 0. The molecule has 1 heterocycles. The molecule has 2 aromatic rings. The number of benzene rings is 1. The van der Waals surface area contributed by atoms with Gasteiger partial charge in [-0.1, -0.05) is 30.7 Å². The molecule has 2 rings (SSSR count). The minimum atomic E-state index is 0.345. The van der Waals surface area contributed by atoms with Crippen LogP contribution < -0.4 is 5.32 Å². The summed E-state index contributed by atoms with van der Waals surface area (Å²) >= 11 is 0. The first kappa shape index (κ1) is 15.8. The molecule has 0 saturated carbocycles. The molecule has 0 aliphatic heterocycles.